The summed E-state index contributed by atoms with van der Waals surface area (Å²) in [4.78, 5) is 11.8. The van der Waals surface area contributed by atoms with Crippen molar-refractivity contribution in [1.29, 1.82) is 0 Å². The monoisotopic (exact) mass is 619 g/mol. The van der Waals surface area contributed by atoms with E-state index in [0.29, 0.717) is 6.07 Å². The topological polar surface area (TPSA) is 47.6 Å². The van der Waals surface area contributed by atoms with E-state index in [4.69, 9.17) is 11.6 Å². The second-order valence-corrected chi connectivity index (χ2v) is 7.35. The summed E-state index contributed by atoms with van der Waals surface area (Å²) in [5, 5.41) is 0.430. The Hall–Kier alpha value is -2.29. The predicted molar refractivity (Wildman–Crippen MR) is 87.7 cm³/mol. The first-order chi connectivity index (χ1) is 16.5. The number of halogens is 18. The Balaban J connectivity index is 3.67. The molecule has 1 aromatic rings. The lowest BCUT2D eigenvalue weighted by atomic mass is 10.1. The molecule has 1 N–H and O–H groups in total. The normalized spacial score (nSPS) is 17.6. The summed E-state index contributed by atoms with van der Waals surface area (Å²) in [7, 11) is 0. The molecule has 0 spiro atoms. The lowest BCUT2D eigenvalue weighted by Crippen LogP contribution is -2.68. The van der Waals surface area contributed by atoms with Crippen molar-refractivity contribution in [3.05, 3.63) is 28.8 Å². The summed E-state index contributed by atoms with van der Waals surface area (Å²) < 4.78 is 227. The van der Waals surface area contributed by atoms with E-state index in [1.165, 1.54) is 4.74 Å². The summed E-state index contributed by atoms with van der Waals surface area (Å²) >= 11 is 5.43. The zero-order valence-corrected chi connectivity index (χ0v) is 18.0. The predicted octanol–water partition coefficient (Wildman–Crippen LogP) is 7.46. The molecule has 22 heteroatoms. The van der Waals surface area contributed by atoms with Gasteiger partial charge in [-0.15, -0.1) is 0 Å². The summed E-state index contributed by atoms with van der Waals surface area (Å²) in [5.41, 5.74) is -1.29. The Kier molecular flexibility index (Phi) is 8.63. The van der Waals surface area contributed by atoms with Gasteiger partial charge in [0.05, 0.1) is 0 Å². The minimum Gasteiger partial charge on any atom is -0.320 e. The molecule has 38 heavy (non-hydrogen) atoms. The van der Waals surface area contributed by atoms with Gasteiger partial charge in [-0.3, -0.25) is 14.3 Å². The average Bonchev–Trinajstić information content (AvgIpc) is 2.67. The van der Waals surface area contributed by atoms with Gasteiger partial charge in [-0.25, -0.2) is 0 Å². The van der Waals surface area contributed by atoms with Crippen molar-refractivity contribution in [2.24, 2.45) is 0 Å². The molecule has 0 aliphatic rings. The molecule has 0 unspecified atom stereocenters. The van der Waals surface area contributed by atoms with E-state index in [0.717, 1.165) is 24.4 Å². The van der Waals surface area contributed by atoms with Gasteiger partial charge >= 0.3 is 48.4 Å². The minimum atomic E-state index is -8.08. The highest BCUT2D eigenvalue weighted by Crippen LogP contribution is 2.56. The van der Waals surface area contributed by atoms with Gasteiger partial charge in [0.2, 0.25) is 0 Å². The molecule has 1 aromatic carbocycles. The third-order valence-electron chi connectivity index (χ3n) is 4.10. The molecule has 0 saturated heterocycles. The first-order valence-corrected chi connectivity index (χ1v) is 9.04. The van der Waals surface area contributed by atoms with Crippen LogP contribution in [0.15, 0.2) is 18.2 Å². The number of hydrogen-bond acceptors (Lipinski definition) is 3. The summed E-state index contributed by atoms with van der Waals surface area (Å²) in [6.45, 7) is 0.946. The quantitative estimate of drug-likeness (QED) is 0.308. The van der Waals surface area contributed by atoms with E-state index in [-0.39, 0.29) is 5.56 Å². The number of rotatable bonds is 8. The molecular weight excluding hydrogens is 613 g/mol. The van der Waals surface area contributed by atoms with E-state index in [1.54, 1.807) is 0 Å². The van der Waals surface area contributed by atoms with Crippen LogP contribution >= 0.6 is 11.6 Å². The molecule has 0 heterocycles. The van der Waals surface area contributed by atoms with Gasteiger partial charge in [0, 0.05) is 10.7 Å². The average molecular weight is 620 g/mol. The number of benzene rings is 1. The Morgan fingerprint density at radius 3 is 1.58 bits per heavy atom. The number of nitrogens with one attached hydrogen (secondary N) is 1. The van der Waals surface area contributed by atoms with Crippen molar-refractivity contribution < 1.29 is 88.9 Å². The van der Waals surface area contributed by atoms with Crippen LogP contribution in [0.2, 0.25) is 5.02 Å². The van der Waals surface area contributed by atoms with E-state index < -0.39 is 65.0 Å². The van der Waals surface area contributed by atoms with Crippen molar-refractivity contribution in [2.75, 3.05) is 5.32 Å². The molecule has 220 valence electrons. The van der Waals surface area contributed by atoms with E-state index in [2.05, 4.69) is 0 Å². The number of carbonyl (C=O) groups excluding carboxylic acids is 1. The number of aryl methyl sites for hydroxylation is 1. The molecule has 0 aliphatic carbocycles. The summed E-state index contributed by atoms with van der Waals surface area (Å²) in [6, 6.07) is 2.41. The molecule has 0 radical (unpaired) electrons. The lowest BCUT2D eigenvalue weighted by Gasteiger charge is -2.40. The van der Waals surface area contributed by atoms with Crippen LogP contribution in [0.4, 0.5) is 80.3 Å². The maximum atomic E-state index is 14.5. The Morgan fingerprint density at radius 1 is 0.711 bits per heavy atom. The van der Waals surface area contributed by atoms with Gasteiger partial charge < -0.3 is 5.32 Å². The molecule has 0 aromatic heterocycles. The third-order valence-corrected chi connectivity index (χ3v) is 4.34. The van der Waals surface area contributed by atoms with Crippen LogP contribution in [0.1, 0.15) is 5.56 Å². The molecule has 0 bridgehead atoms. The van der Waals surface area contributed by atoms with Crippen molar-refractivity contribution in [1.82, 2.24) is 0 Å². The van der Waals surface area contributed by atoms with Crippen LogP contribution in [0.5, 0.6) is 0 Å². The zero-order chi connectivity index (χ0) is 30.6. The first kappa shape index (κ1) is 33.7. The third kappa shape index (κ3) is 5.97. The fraction of sp³-hybridized carbons (Fsp3) is 0.562. The maximum absolute atomic E-state index is 14.5. The zero-order valence-electron chi connectivity index (χ0n) is 17.3. The fourth-order valence-corrected chi connectivity index (χ4v) is 2.27. The number of amides is 1. The molecule has 4 nitrogen and oxygen atoms in total. The molecule has 1 rings (SSSR count). The fourth-order valence-electron chi connectivity index (χ4n) is 2.09. The Morgan fingerprint density at radius 2 is 1.18 bits per heavy atom. The van der Waals surface area contributed by atoms with E-state index in [1.807, 2.05) is 4.74 Å². The molecule has 1 amide bonds. The molecule has 0 fully saturated rings. The van der Waals surface area contributed by atoms with Crippen LogP contribution in [-0.2, 0) is 14.3 Å². The highest BCUT2D eigenvalue weighted by molar-refractivity contribution is 6.31. The van der Waals surface area contributed by atoms with Crippen LogP contribution in [0, 0.1) is 6.92 Å². The number of alkyl halides is 17. The maximum Gasteiger partial charge on any atom is 0.462 e. The van der Waals surface area contributed by atoms with Gasteiger partial charge in [0.15, 0.2) is 0 Å². The van der Waals surface area contributed by atoms with Crippen LogP contribution in [-0.4, -0.2) is 54.3 Å². The van der Waals surface area contributed by atoms with Crippen LogP contribution < -0.4 is 5.32 Å². The number of hydrogen-bond donors (Lipinski definition) is 1. The molecule has 0 aliphatic heterocycles. The van der Waals surface area contributed by atoms with Crippen molar-refractivity contribution in [2.45, 2.75) is 55.3 Å². The molecule has 2 atom stereocenters. The van der Waals surface area contributed by atoms with Gasteiger partial charge in [-0.2, -0.15) is 74.6 Å². The standard InChI is InChI=1S/C16H7ClF17NO3/c1-5-2-3-6(17)4-7(5)35-8(36)9(18,12(22,23)24)37-16(33,34)11(21,14(28,29)30)38-15(31,32)10(19,20)13(25,26)27/h2-4H,1H3,(H,35,36)/t9-,11+/m0/s1. The Bertz CT molecular complexity index is 1040. The van der Waals surface area contributed by atoms with Crippen LogP contribution in [0.25, 0.3) is 0 Å². The van der Waals surface area contributed by atoms with Crippen molar-refractivity contribution >= 4 is 23.2 Å². The van der Waals surface area contributed by atoms with Gasteiger partial charge in [-0.05, 0) is 24.6 Å². The molecule has 0 saturated carbocycles. The smallest absolute Gasteiger partial charge is 0.320 e. The molecular formula is C16H7ClF17NO3. The largest absolute Gasteiger partial charge is 0.462 e. The second kappa shape index (κ2) is 9.72. The number of carbonyl (C=O) groups is 1. The van der Waals surface area contributed by atoms with Crippen LogP contribution in [0.3, 0.4) is 0 Å². The summed E-state index contributed by atoms with van der Waals surface area (Å²) in [6.07, 6.45) is -38.7. The van der Waals surface area contributed by atoms with E-state index >= 15 is 0 Å². The van der Waals surface area contributed by atoms with Crippen molar-refractivity contribution in [3.8, 4) is 0 Å². The van der Waals surface area contributed by atoms with Gasteiger partial charge in [0.25, 0.3) is 5.91 Å². The van der Waals surface area contributed by atoms with E-state index in [9.17, 15) is 79.4 Å². The highest BCUT2D eigenvalue weighted by atomic mass is 35.5. The summed E-state index contributed by atoms with van der Waals surface area (Å²) in [5.74, 6) is -26.3. The Labute approximate surface area is 202 Å². The first-order valence-electron chi connectivity index (χ1n) is 8.66. The number of anilines is 1. The lowest BCUT2D eigenvalue weighted by molar-refractivity contribution is -0.548. The second-order valence-electron chi connectivity index (χ2n) is 6.91. The van der Waals surface area contributed by atoms with Crippen molar-refractivity contribution in [3.63, 3.8) is 0 Å². The highest BCUT2D eigenvalue weighted by Gasteiger charge is 2.85. The number of ether oxygens (including phenoxy) is 2. The van der Waals surface area contributed by atoms with Gasteiger partial charge in [0.1, 0.15) is 0 Å². The SMILES string of the molecule is Cc1ccc(Cl)cc1NC(=O)[C@](F)(OC(F)(F)[C@](F)(OC(F)(F)C(F)(F)C(F)(F)F)C(F)(F)F)C(F)(F)F. The minimum absolute atomic E-state index is 0.327. The van der Waals surface area contributed by atoms with Gasteiger partial charge in [-0.1, -0.05) is 17.7 Å².